The number of allylic oxidation sites excluding steroid dienone is 1. The van der Waals surface area contributed by atoms with Crippen LogP contribution in [0, 0.1) is 18.3 Å². The van der Waals surface area contributed by atoms with Crippen molar-refractivity contribution in [1.29, 1.82) is 0 Å². The Bertz CT molecular complexity index is 880. The summed E-state index contributed by atoms with van der Waals surface area (Å²) in [6, 6.07) is 6.96. The Hall–Kier alpha value is -1.13. The summed E-state index contributed by atoms with van der Waals surface area (Å²) in [5.74, 6) is 0.401. The fraction of sp³-hybridized carbons (Fsp3) is 0.640. The van der Waals surface area contributed by atoms with E-state index in [4.69, 9.17) is 4.43 Å². The first kappa shape index (κ1) is 25.1. The summed E-state index contributed by atoms with van der Waals surface area (Å²) < 4.78 is 32.0. The van der Waals surface area contributed by atoms with Crippen LogP contribution in [0.4, 0.5) is 0 Å². The molecule has 1 aliphatic carbocycles. The molecule has 5 heteroatoms. The summed E-state index contributed by atoms with van der Waals surface area (Å²) >= 11 is 0. The van der Waals surface area contributed by atoms with Gasteiger partial charge in [0.15, 0.2) is 8.32 Å². The normalized spacial score (nSPS) is 19.2. The van der Waals surface area contributed by atoms with Gasteiger partial charge in [-0.25, -0.2) is 8.42 Å². The second-order valence-electron chi connectivity index (χ2n) is 10.4. The molecule has 0 N–H and O–H groups in total. The molecule has 0 amide bonds. The molecule has 1 unspecified atom stereocenters. The van der Waals surface area contributed by atoms with Crippen molar-refractivity contribution in [2.75, 3.05) is 6.61 Å². The Kier molecular flexibility index (Phi) is 7.67. The van der Waals surface area contributed by atoms with E-state index in [1.165, 1.54) is 5.41 Å². The molecule has 1 aliphatic rings. The molecule has 0 radical (unpaired) electrons. The third-order valence-corrected chi connectivity index (χ3v) is 14.7. The highest BCUT2D eigenvalue weighted by atomic mass is 32.2. The number of benzene rings is 1. The molecule has 0 spiro atoms. The van der Waals surface area contributed by atoms with Crippen LogP contribution in [0.15, 0.2) is 45.9 Å². The first-order chi connectivity index (χ1) is 13.7. The van der Waals surface area contributed by atoms with Crippen molar-refractivity contribution in [2.24, 2.45) is 11.3 Å². The summed E-state index contributed by atoms with van der Waals surface area (Å²) in [6.07, 6.45) is 0.853. The highest BCUT2D eigenvalue weighted by Gasteiger charge is 2.49. The van der Waals surface area contributed by atoms with Gasteiger partial charge in [-0.3, -0.25) is 0 Å². The smallest absolute Gasteiger partial charge is 0.207 e. The van der Waals surface area contributed by atoms with Crippen molar-refractivity contribution >= 4 is 18.2 Å². The second-order valence-corrected chi connectivity index (χ2v) is 17.6. The highest BCUT2D eigenvalue weighted by molar-refractivity contribution is 7.94. The minimum absolute atomic E-state index is 0.0929. The van der Waals surface area contributed by atoms with Gasteiger partial charge in [-0.05, 0) is 59.0 Å². The van der Waals surface area contributed by atoms with Crippen molar-refractivity contribution in [1.82, 2.24) is 0 Å². The monoisotopic (exact) mass is 448 g/mol. The third kappa shape index (κ3) is 4.85. The standard InChI is InChI=1S/C25H40O3SSi/c1-18(2)30(19(3)4,20(5)6)28-17-23-16-22(25(23,8)9)14-15-29(26,27)24-12-10-21(7)11-13-24/h10-13,15,18-20,23H,16-17H2,1-9H3. The van der Waals surface area contributed by atoms with Gasteiger partial charge in [-0.1, -0.05) is 73.1 Å². The van der Waals surface area contributed by atoms with E-state index in [1.54, 1.807) is 12.1 Å². The topological polar surface area (TPSA) is 43.4 Å². The molecule has 1 saturated carbocycles. The van der Waals surface area contributed by atoms with E-state index in [0.29, 0.717) is 27.4 Å². The molecule has 3 nitrogen and oxygen atoms in total. The molecule has 168 valence electrons. The Morgan fingerprint density at radius 3 is 2.00 bits per heavy atom. The molecular weight excluding hydrogens is 408 g/mol. The lowest BCUT2D eigenvalue weighted by atomic mass is 9.59. The predicted octanol–water partition coefficient (Wildman–Crippen LogP) is 7.05. The van der Waals surface area contributed by atoms with Crippen LogP contribution in [-0.2, 0) is 14.3 Å². The minimum Gasteiger partial charge on any atom is -0.416 e. The predicted molar refractivity (Wildman–Crippen MR) is 129 cm³/mol. The minimum atomic E-state index is -3.47. The Balaban J connectivity index is 2.17. The summed E-state index contributed by atoms with van der Waals surface area (Å²) in [6.45, 7) is 20.9. The van der Waals surface area contributed by atoms with E-state index in [2.05, 4.69) is 61.1 Å². The zero-order valence-electron chi connectivity index (χ0n) is 20.2. The van der Waals surface area contributed by atoms with Crippen LogP contribution >= 0.6 is 0 Å². The van der Waals surface area contributed by atoms with Crippen LogP contribution in [0.1, 0.15) is 67.4 Å². The van der Waals surface area contributed by atoms with Crippen molar-refractivity contribution in [3.8, 4) is 0 Å². The zero-order valence-corrected chi connectivity index (χ0v) is 22.1. The van der Waals surface area contributed by atoms with Gasteiger partial charge in [0, 0.05) is 6.61 Å². The Labute approximate surface area is 185 Å². The van der Waals surface area contributed by atoms with Gasteiger partial charge in [-0.15, -0.1) is 5.73 Å². The van der Waals surface area contributed by atoms with Crippen LogP contribution in [0.25, 0.3) is 0 Å². The summed E-state index contributed by atoms with van der Waals surface area (Å²) in [4.78, 5) is 0.319. The molecule has 1 aromatic carbocycles. The van der Waals surface area contributed by atoms with Crippen molar-refractivity contribution in [3.05, 3.63) is 46.5 Å². The number of hydrogen-bond acceptors (Lipinski definition) is 3. The molecule has 2 rings (SSSR count). The van der Waals surface area contributed by atoms with Crippen molar-refractivity contribution in [3.63, 3.8) is 0 Å². The number of rotatable bonds is 8. The molecule has 1 aromatic rings. The maximum Gasteiger partial charge on any atom is 0.207 e. The average molecular weight is 449 g/mol. The lowest BCUT2D eigenvalue weighted by Crippen LogP contribution is -2.51. The number of sulfone groups is 1. The van der Waals surface area contributed by atoms with E-state index in [0.717, 1.165) is 24.2 Å². The largest absolute Gasteiger partial charge is 0.416 e. The van der Waals surface area contributed by atoms with Gasteiger partial charge in [0.2, 0.25) is 9.84 Å². The molecule has 30 heavy (non-hydrogen) atoms. The molecule has 0 saturated heterocycles. The van der Waals surface area contributed by atoms with Crippen LogP contribution in [0.2, 0.25) is 16.6 Å². The SMILES string of the molecule is Cc1ccc(S(=O)(=O)C=C=C2CC(CO[Si](C(C)C)(C(C)C)C(C)C)C2(C)C)cc1. The van der Waals surface area contributed by atoms with E-state index in [-0.39, 0.29) is 5.41 Å². The number of hydrogen-bond donors (Lipinski definition) is 0. The quantitative estimate of drug-likeness (QED) is 0.316. The fourth-order valence-corrected chi connectivity index (χ4v) is 11.5. The van der Waals surface area contributed by atoms with E-state index < -0.39 is 18.2 Å². The van der Waals surface area contributed by atoms with Gasteiger partial charge in [-0.2, -0.15) is 0 Å². The Morgan fingerprint density at radius 2 is 1.57 bits per heavy atom. The molecule has 0 aromatic heterocycles. The van der Waals surface area contributed by atoms with Crippen LogP contribution in [-0.4, -0.2) is 23.3 Å². The molecule has 1 atom stereocenters. The van der Waals surface area contributed by atoms with Gasteiger partial charge < -0.3 is 4.43 Å². The molecule has 0 bridgehead atoms. The molecule has 1 fully saturated rings. The first-order valence-electron chi connectivity index (χ1n) is 11.2. The summed E-state index contributed by atoms with van der Waals surface area (Å²) in [5.41, 5.74) is 6.83. The van der Waals surface area contributed by atoms with E-state index in [9.17, 15) is 8.42 Å². The first-order valence-corrected chi connectivity index (χ1v) is 14.9. The Morgan fingerprint density at radius 1 is 1.07 bits per heavy atom. The van der Waals surface area contributed by atoms with E-state index in [1.807, 2.05) is 19.1 Å². The van der Waals surface area contributed by atoms with Crippen LogP contribution in [0.5, 0.6) is 0 Å². The summed E-state index contributed by atoms with van der Waals surface area (Å²) in [5, 5.41) is 1.25. The maximum absolute atomic E-state index is 12.6. The lowest BCUT2D eigenvalue weighted by Gasteiger charge is -2.49. The molecular formula is C25H40O3SSi. The number of aryl methyl sites for hydroxylation is 1. The average Bonchev–Trinajstić information content (AvgIpc) is 2.62. The van der Waals surface area contributed by atoms with Gasteiger partial charge in [0.25, 0.3) is 0 Å². The van der Waals surface area contributed by atoms with Crippen molar-refractivity contribution in [2.45, 2.75) is 90.3 Å². The summed E-state index contributed by atoms with van der Waals surface area (Å²) in [7, 11) is -5.35. The molecule has 0 heterocycles. The molecule has 0 aliphatic heterocycles. The third-order valence-electron chi connectivity index (χ3n) is 7.23. The lowest BCUT2D eigenvalue weighted by molar-refractivity contribution is 0.0877. The van der Waals surface area contributed by atoms with E-state index >= 15 is 0 Å². The van der Waals surface area contributed by atoms with Gasteiger partial charge >= 0.3 is 0 Å². The zero-order chi connectivity index (χ0) is 22.9. The van der Waals surface area contributed by atoms with Crippen molar-refractivity contribution < 1.29 is 12.8 Å². The highest BCUT2D eigenvalue weighted by Crippen LogP contribution is 2.52. The fourth-order valence-electron chi connectivity index (χ4n) is 5.08. The second kappa shape index (κ2) is 9.16. The van der Waals surface area contributed by atoms with Crippen LogP contribution in [0.3, 0.4) is 0 Å². The van der Waals surface area contributed by atoms with Crippen LogP contribution < -0.4 is 0 Å². The van der Waals surface area contributed by atoms with Gasteiger partial charge in [0.05, 0.1) is 10.3 Å². The van der Waals surface area contributed by atoms with Gasteiger partial charge in [0.1, 0.15) is 0 Å². The maximum atomic E-state index is 12.6.